The molecule has 1 amide bonds. The molecular formula is C20H25N5O. The van der Waals surface area contributed by atoms with Crippen molar-refractivity contribution in [3.8, 4) is 0 Å². The molecule has 6 heteroatoms. The van der Waals surface area contributed by atoms with E-state index in [0.29, 0.717) is 17.8 Å². The van der Waals surface area contributed by atoms with E-state index in [0.717, 1.165) is 42.8 Å². The maximum atomic E-state index is 12.5. The molecular weight excluding hydrogens is 326 g/mol. The molecule has 3 aromatic heterocycles. The van der Waals surface area contributed by atoms with Crippen LogP contribution in [0, 0.1) is 13.8 Å². The van der Waals surface area contributed by atoms with Crippen LogP contribution in [0.5, 0.6) is 0 Å². The van der Waals surface area contributed by atoms with Crippen molar-refractivity contribution in [2.45, 2.75) is 46.5 Å². The van der Waals surface area contributed by atoms with Gasteiger partial charge in [0.05, 0.1) is 5.56 Å². The smallest absolute Gasteiger partial charge is 0.255 e. The van der Waals surface area contributed by atoms with Crippen LogP contribution in [0.25, 0.3) is 5.65 Å². The molecule has 0 aliphatic heterocycles. The van der Waals surface area contributed by atoms with Crippen LogP contribution in [0.1, 0.15) is 52.8 Å². The van der Waals surface area contributed by atoms with Gasteiger partial charge in [-0.05, 0) is 57.2 Å². The Morgan fingerprint density at radius 2 is 2.12 bits per heavy atom. The minimum atomic E-state index is -0.0683. The Bertz CT molecular complexity index is 916. The highest BCUT2D eigenvalue weighted by molar-refractivity contribution is 6.00. The van der Waals surface area contributed by atoms with E-state index in [1.165, 1.54) is 5.56 Å². The molecule has 0 aliphatic rings. The van der Waals surface area contributed by atoms with Crippen LogP contribution in [-0.2, 0) is 12.8 Å². The maximum Gasteiger partial charge on any atom is 0.255 e. The Labute approximate surface area is 153 Å². The third-order valence-electron chi connectivity index (χ3n) is 4.57. The Morgan fingerprint density at radius 1 is 1.27 bits per heavy atom. The standard InChI is InChI=1S/C20H25N5O/c1-4-16-12-21-13-23-18(16)7-5-6-9-22-20(26)17-8-10-25-15(3)11-14(2)24-19(17)25/h8,10-13H,4-7,9H2,1-3H3,(H,22,26). The van der Waals surface area contributed by atoms with Gasteiger partial charge in [0.15, 0.2) is 0 Å². The Kier molecular flexibility index (Phi) is 5.61. The van der Waals surface area contributed by atoms with E-state index >= 15 is 0 Å². The summed E-state index contributed by atoms with van der Waals surface area (Å²) in [6, 6.07) is 3.84. The van der Waals surface area contributed by atoms with E-state index in [2.05, 4.69) is 27.2 Å². The number of hydrogen-bond donors (Lipinski definition) is 1. The molecule has 1 N–H and O–H groups in total. The summed E-state index contributed by atoms with van der Waals surface area (Å²) in [6.07, 6.45) is 9.14. The lowest BCUT2D eigenvalue weighted by atomic mass is 10.1. The van der Waals surface area contributed by atoms with E-state index in [-0.39, 0.29) is 5.91 Å². The van der Waals surface area contributed by atoms with Gasteiger partial charge in [-0.25, -0.2) is 15.0 Å². The molecule has 3 aromatic rings. The highest BCUT2D eigenvalue weighted by Crippen LogP contribution is 2.14. The number of nitrogens with one attached hydrogen (secondary N) is 1. The predicted molar refractivity (Wildman–Crippen MR) is 101 cm³/mol. The molecule has 0 fully saturated rings. The van der Waals surface area contributed by atoms with Gasteiger partial charge in [-0.2, -0.15) is 0 Å². The summed E-state index contributed by atoms with van der Waals surface area (Å²) in [5.74, 6) is -0.0683. The van der Waals surface area contributed by atoms with Crippen LogP contribution in [0.4, 0.5) is 0 Å². The van der Waals surface area contributed by atoms with Crippen molar-refractivity contribution in [1.82, 2.24) is 24.7 Å². The van der Waals surface area contributed by atoms with Gasteiger partial charge in [0.25, 0.3) is 5.91 Å². The molecule has 3 rings (SSSR count). The predicted octanol–water partition coefficient (Wildman–Crippen LogP) is 3.06. The van der Waals surface area contributed by atoms with Gasteiger partial charge in [-0.3, -0.25) is 4.79 Å². The first-order valence-electron chi connectivity index (χ1n) is 9.11. The van der Waals surface area contributed by atoms with Crippen LogP contribution >= 0.6 is 0 Å². The van der Waals surface area contributed by atoms with Gasteiger partial charge >= 0.3 is 0 Å². The number of aromatic nitrogens is 4. The minimum absolute atomic E-state index is 0.0683. The molecule has 3 heterocycles. The summed E-state index contributed by atoms with van der Waals surface area (Å²) in [5, 5.41) is 3.01. The Balaban J connectivity index is 1.53. The normalized spacial score (nSPS) is 11.0. The van der Waals surface area contributed by atoms with Gasteiger partial charge in [0.1, 0.15) is 12.0 Å². The van der Waals surface area contributed by atoms with E-state index < -0.39 is 0 Å². The average molecular weight is 351 g/mol. The fourth-order valence-corrected chi connectivity index (χ4v) is 3.19. The second-order valence-electron chi connectivity index (χ2n) is 6.52. The van der Waals surface area contributed by atoms with Gasteiger partial charge < -0.3 is 9.72 Å². The lowest BCUT2D eigenvalue weighted by Crippen LogP contribution is -2.24. The molecule has 0 unspecified atom stereocenters. The first kappa shape index (κ1) is 18.0. The Hall–Kier alpha value is -2.76. The fraction of sp³-hybridized carbons (Fsp3) is 0.400. The number of carbonyl (C=O) groups excluding carboxylic acids is 1. The highest BCUT2D eigenvalue weighted by atomic mass is 16.1. The van der Waals surface area contributed by atoms with Crippen molar-refractivity contribution in [2.75, 3.05) is 6.54 Å². The number of aryl methyl sites for hydroxylation is 4. The molecule has 0 radical (unpaired) electrons. The summed E-state index contributed by atoms with van der Waals surface area (Å²) in [7, 11) is 0. The summed E-state index contributed by atoms with van der Waals surface area (Å²) in [4.78, 5) is 25.4. The van der Waals surface area contributed by atoms with Crippen molar-refractivity contribution in [3.05, 3.63) is 59.1 Å². The number of hydrogen-bond acceptors (Lipinski definition) is 4. The number of amides is 1. The summed E-state index contributed by atoms with van der Waals surface area (Å²) >= 11 is 0. The van der Waals surface area contributed by atoms with Gasteiger partial charge in [0.2, 0.25) is 0 Å². The summed E-state index contributed by atoms with van der Waals surface area (Å²) in [6.45, 7) is 6.72. The molecule has 0 spiro atoms. The zero-order valence-corrected chi connectivity index (χ0v) is 15.6. The molecule has 0 atom stereocenters. The SMILES string of the molecule is CCc1cncnc1CCCCNC(=O)c1ccn2c(C)cc(C)nc12. The number of nitrogens with zero attached hydrogens (tertiary/aromatic N) is 4. The van der Waals surface area contributed by atoms with E-state index in [9.17, 15) is 4.79 Å². The van der Waals surface area contributed by atoms with Crippen molar-refractivity contribution in [3.63, 3.8) is 0 Å². The number of rotatable bonds is 7. The molecule has 0 bridgehead atoms. The van der Waals surface area contributed by atoms with E-state index in [1.54, 1.807) is 6.33 Å². The van der Waals surface area contributed by atoms with Crippen LogP contribution in [0.2, 0.25) is 0 Å². The van der Waals surface area contributed by atoms with Crippen LogP contribution in [-0.4, -0.2) is 31.8 Å². The molecule has 0 saturated carbocycles. The van der Waals surface area contributed by atoms with E-state index in [1.807, 2.05) is 42.8 Å². The van der Waals surface area contributed by atoms with Gasteiger partial charge in [-0.1, -0.05) is 6.92 Å². The van der Waals surface area contributed by atoms with E-state index in [4.69, 9.17) is 0 Å². The first-order chi connectivity index (χ1) is 12.6. The third kappa shape index (κ3) is 3.90. The first-order valence-corrected chi connectivity index (χ1v) is 9.11. The molecule has 0 aromatic carbocycles. The average Bonchev–Trinajstić information content (AvgIpc) is 3.05. The number of unbranched alkanes of at least 4 members (excludes halogenated alkanes) is 1. The van der Waals surface area contributed by atoms with Crippen LogP contribution in [0.3, 0.4) is 0 Å². The Morgan fingerprint density at radius 3 is 2.92 bits per heavy atom. The monoisotopic (exact) mass is 351 g/mol. The molecule has 136 valence electrons. The summed E-state index contributed by atoms with van der Waals surface area (Å²) < 4.78 is 1.95. The second-order valence-corrected chi connectivity index (χ2v) is 6.52. The van der Waals surface area contributed by atoms with Crippen molar-refractivity contribution in [2.24, 2.45) is 0 Å². The lowest BCUT2D eigenvalue weighted by Gasteiger charge is -2.07. The number of carbonyl (C=O) groups is 1. The van der Waals surface area contributed by atoms with Crippen molar-refractivity contribution in [1.29, 1.82) is 0 Å². The zero-order valence-electron chi connectivity index (χ0n) is 15.6. The summed E-state index contributed by atoms with van der Waals surface area (Å²) in [5.41, 5.74) is 5.65. The minimum Gasteiger partial charge on any atom is -0.352 e. The van der Waals surface area contributed by atoms with Crippen molar-refractivity contribution >= 4 is 11.6 Å². The fourth-order valence-electron chi connectivity index (χ4n) is 3.19. The lowest BCUT2D eigenvalue weighted by molar-refractivity contribution is 0.0954. The topological polar surface area (TPSA) is 72.2 Å². The maximum absolute atomic E-state index is 12.5. The quantitative estimate of drug-likeness (QED) is 0.664. The highest BCUT2D eigenvalue weighted by Gasteiger charge is 2.13. The zero-order chi connectivity index (χ0) is 18.5. The van der Waals surface area contributed by atoms with Gasteiger partial charge in [-0.15, -0.1) is 0 Å². The number of fused-ring (bicyclic) bond motifs is 1. The molecule has 26 heavy (non-hydrogen) atoms. The second kappa shape index (κ2) is 8.08. The van der Waals surface area contributed by atoms with Gasteiger partial charge in [0, 0.05) is 36.0 Å². The third-order valence-corrected chi connectivity index (χ3v) is 4.57. The molecule has 0 saturated heterocycles. The van der Waals surface area contributed by atoms with Crippen LogP contribution < -0.4 is 5.32 Å². The largest absolute Gasteiger partial charge is 0.352 e. The molecule has 0 aliphatic carbocycles. The van der Waals surface area contributed by atoms with Crippen molar-refractivity contribution < 1.29 is 4.79 Å². The molecule has 6 nitrogen and oxygen atoms in total. The van der Waals surface area contributed by atoms with Crippen LogP contribution in [0.15, 0.2) is 30.9 Å².